The summed E-state index contributed by atoms with van der Waals surface area (Å²) in [5.41, 5.74) is 1.68. The molecule has 1 atom stereocenters. The summed E-state index contributed by atoms with van der Waals surface area (Å²) in [6.07, 6.45) is 4.39. The van der Waals surface area contributed by atoms with Crippen molar-refractivity contribution < 1.29 is 13.2 Å². The summed E-state index contributed by atoms with van der Waals surface area (Å²) in [5, 5.41) is 2.80. The molecule has 0 radical (unpaired) electrons. The molecule has 1 unspecified atom stereocenters. The van der Waals surface area contributed by atoms with Crippen LogP contribution in [0.4, 0.5) is 10.5 Å². The predicted molar refractivity (Wildman–Crippen MR) is 89.6 cm³/mol. The number of carbonyl (C=O) groups excluding carboxylic acids is 1. The first-order valence-electron chi connectivity index (χ1n) is 7.42. The van der Waals surface area contributed by atoms with Crippen molar-refractivity contribution in [1.29, 1.82) is 0 Å². The number of rotatable bonds is 3. The van der Waals surface area contributed by atoms with E-state index in [1.165, 1.54) is 4.90 Å². The maximum Gasteiger partial charge on any atom is 0.321 e. The summed E-state index contributed by atoms with van der Waals surface area (Å²) < 4.78 is 25.0. The second-order valence-electron chi connectivity index (χ2n) is 5.74. The largest absolute Gasteiger partial charge is 0.324 e. The van der Waals surface area contributed by atoms with Gasteiger partial charge in [0.1, 0.15) is 0 Å². The molecule has 2 amide bonds. The van der Waals surface area contributed by atoms with Crippen molar-refractivity contribution in [1.82, 2.24) is 9.47 Å². The number of benzene rings is 1. The molecule has 0 aliphatic carbocycles. The van der Waals surface area contributed by atoms with Gasteiger partial charge in [-0.15, -0.1) is 0 Å². The van der Waals surface area contributed by atoms with E-state index >= 15 is 0 Å². The summed E-state index contributed by atoms with van der Waals surface area (Å²) >= 11 is 0. The first-order valence-corrected chi connectivity index (χ1v) is 9.24. The second kappa shape index (κ2) is 6.08. The van der Waals surface area contributed by atoms with E-state index in [1.54, 1.807) is 7.05 Å². The van der Waals surface area contributed by atoms with Gasteiger partial charge < -0.3 is 14.8 Å². The first kappa shape index (κ1) is 15.6. The number of hydrogen-bond donors (Lipinski definition) is 1. The van der Waals surface area contributed by atoms with Gasteiger partial charge >= 0.3 is 6.03 Å². The molecule has 1 aliphatic rings. The quantitative estimate of drug-likeness (QED) is 0.935. The molecule has 2 heterocycles. The van der Waals surface area contributed by atoms with Crippen LogP contribution in [0.25, 0.3) is 5.69 Å². The van der Waals surface area contributed by atoms with E-state index in [-0.39, 0.29) is 23.6 Å². The third-order valence-electron chi connectivity index (χ3n) is 4.10. The van der Waals surface area contributed by atoms with E-state index in [0.717, 1.165) is 5.69 Å². The smallest absolute Gasteiger partial charge is 0.321 e. The molecular formula is C16H19N3O3S. The van der Waals surface area contributed by atoms with E-state index in [2.05, 4.69) is 5.32 Å². The van der Waals surface area contributed by atoms with Gasteiger partial charge in [-0.1, -0.05) is 0 Å². The molecule has 1 fully saturated rings. The van der Waals surface area contributed by atoms with Crippen molar-refractivity contribution in [2.24, 2.45) is 0 Å². The van der Waals surface area contributed by atoms with E-state index in [1.807, 2.05) is 53.4 Å². The molecule has 7 heteroatoms. The van der Waals surface area contributed by atoms with Crippen LogP contribution in [0.1, 0.15) is 6.42 Å². The third-order valence-corrected chi connectivity index (χ3v) is 5.85. The maximum atomic E-state index is 12.2. The number of nitrogens with one attached hydrogen (secondary N) is 1. The lowest BCUT2D eigenvalue weighted by atomic mass is 10.2. The molecule has 0 bridgehead atoms. The zero-order chi connectivity index (χ0) is 16.4. The van der Waals surface area contributed by atoms with E-state index in [4.69, 9.17) is 0 Å². The van der Waals surface area contributed by atoms with Gasteiger partial charge in [0.25, 0.3) is 0 Å². The third kappa shape index (κ3) is 3.56. The number of sulfone groups is 1. The minimum Gasteiger partial charge on any atom is -0.324 e. The van der Waals surface area contributed by atoms with Crippen LogP contribution in [0.15, 0.2) is 48.8 Å². The fourth-order valence-electron chi connectivity index (χ4n) is 2.68. The Kier molecular flexibility index (Phi) is 4.12. The Bertz CT molecular complexity index is 782. The monoisotopic (exact) mass is 333 g/mol. The molecule has 2 aromatic rings. The molecular weight excluding hydrogens is 314 g/mol. The maximum absolute atomic E-state index is 12.2. The summed E-state index contributed by atoms with van der Waals surface area (Å²) in [5.74, 6) is 0.199. The van der Waals surface area contributed by atoms with Crippen LogP contribution < -0.4 is 5.32 Å². The van der Waals surface area contributed by atoms with Crippen molar-refractivity contribution in [3.05, 3.63) is 48.8 Å². The molecule has 1 aromatic carbocycles. The molecule has 6 nitrogen and oxygen atoms in total. The van der Waals surface area contributed by atoms with Gasteiger partial charge in [-0.25, -0.2) is 13.2 Å². The Morgan fingerprint density at radius 1 is 1.22 bits per heavy atom. The highest BCUT2D eigenvalue weighted by atomic mass is 32.2. The Morgan fingerprint density at radius 2 is 1.87 bits per heavy atom. The molecule has 3 rings (SSSR count). The van der Waals surface area contributed by atoms with E-state index in [9.17, 15) is 13.2 Å². The van der Waals surface area contributed by atoms with Crippen molar-refractivity contribution in [2.75, 3.05) is 23.9 Å². The summed E-state index contributed by atoms with van der Waals surface area (Å²) in [6, 6.07) is 10.8. The summed E-state index contributed by atoms with van der Waals surface area (Å²) in [4.78, 5) is 13.7. The van der Waals surface area contributed by atoms with Crippen molar-refractivity contribution >= 4 is 21.6 Å². The van der Waals surface area contributed by atoms with Crippen molar-refractivity contribution in [3.8, 4) is 5.69 Å². The van der Waals surface area contributed by atoms with Crippen LogP contribution in [0.5, 0.6) is 0 Å². The van der Waals surface area contributed by atoms with Crippen LogP contribution in [0.2, 0.25) is 0 Å². The van der Waals surface area contributed by atoms with E-state index < -0.39 is 9.84 Å². The molecule has 122 valence electrons. The minimum absolute atomic E-state index is 0.0451. The highest BCUT2D eigenvalue weighted by molar-refractivity contribution is 7.91. The van der Waals surface area contributed by atoms with Gasteiger partial charge in [-0.05, 0) is 42.8 Å². The minimum atomic E-state index is -3.00. The van der Waals surface area contributed by atoms with Gasteiger partial charge in [-0.3, -0.25) is 0 Å². The van der Waals surface area contributed by atoms with E-state index in [0.29, 0.717) is 12.1 Å². The van der Waals surface area contributed by atoms with Crippen LogP contribution in [-0.2, 0) is 9.84 Å². The second-order valence-corrected chi connectivity index (χ2v) is 7.96. The van der Waals surface area contributed by atoms with Gasteiger partial charge in [0.05, 0.1) is 11.5 Å². The van der Waals surface area contributed by atoms with Gasteiger partial charge in [0, 0.05) is 36.9 Å². The SMILES string of the molecule is CN(C(=O)Nc1ccc(-n2cccc2)cc1)C1CCS(=O)(=O)C1. The molecule has 23 heavy (non-hydrogen) atoms. The number of hydrogen-bond acceptors (Lipinski definition) is 3. The van der Waals surface area contributed by atoms with Crippen molar-refractivity contribution in [2.45, 2.75) is 12.5 Å². The lowest BCUT2D eigenvalue weighted by molar-refractivity contribution is 0.209. The molecule has 1 aliphatic heterocycles. The number of amides is 2. The Balaban J connectivity index is 1.64. The van der Waals surface area contributed by atoms with Crippen LogP contribution in [-0.4, -0.2) is 48.5 Å². The zero-order valence-corrected chi connectivity index (χ0v) is 13.7. The standard InChI is InChI=1S/C16H19N3O3S/c1-18(15-8-11-23(21,22)12-15)16(20)17-13-4-6-14(7-5-13)19-9-2-3-10-19/h2-7,9-10,15H,8,11-12H2,1H3,(H,17,20). The number of carbonyl (C=O) groups is 1. The average molecular weight is 333 g/mol. The Hall–Kier alpha value is -2.28. The van der Waals surface area contributed by atoms with Gasteiger partial charge in [0.2, 0.25) is 0 Å². The average Bonchev–Trinajstić information content (AvgIpc) is 3.16. The molecule has 0 saturated carbocycles. The van der Waals surface area contributed by atoms with Crippen LogP contribution in [0.3, 0.4) is 0 Å². The number of anilines is 1. The molecule has 1 saturated heterocycles. The highest BCUT2D eigenvalue weighted by Gasteiger charge is 2.32. The fourth-order valence-corrected chi connectivity index (χ4v) is 4.46. The fraction of sp³-hybridized carbons (Fsp3) is 0.312. The Labute approximate surface area is 135 Å². The molecule has 1 aromatic heterocycles. The zero-order valence-electron chi connectivity index (χ0n) is 12.8. The topological polar surface area (TPSA) is 71.4 Å². The number of nitrogens with zero attached hydrogens (tertiary/aromatic N) is 2. The molecule has 0 spiro atoms. The number of aromatic nitrogens is 1. The lowest BCUT2D eigenvalue weighted by Crippen LogP contribution is -2.40. The number of urea groups is 1. The van der Waals surface area contributed by atoms with Gasteiger partial charge in [0.15, 0.2) is 9.84 Å². The predicted octanol–water partition coefficient (Wildman–Crippen LogP) is 2.13. The molecule has 1 N–H and O–H groups in total. The van der Waals surface area contributed by atoms with Crippen molar-refractivity contribution in [3.63, 3.8) is 0 Å². The van der Waals surface area contributed by atoms with Crippen LogP contribution >= 0.6 is 0 Å². The summed E-state index contributed by atoms with van der Waals surface area (Å²) in [7, 11) is -1.37. The summed E-state index contributed by atoms with van der Waals surface area (Å²) in [6.45, 7) is 0. The van der Waals surface area contributed by atoms with Crippen LogP contribution in [0, 0.1) is 0 Å². The van der Waals surface area contributed by atoms with Gasteiger partial charge in [-0.2, -0.15) is 0 Å². The first-order chi connectivity index (χ1) is 10.9. The lowest BCUT2D eigenvalue weighted by Gasteiger charge is -2.23. The highest BCUT2D eigenvalue weighted by Crippen LogP contribution is 2.18. The Morgan fingerprint density at radius 3 is 2.43 bits per heavy atom. The normalized spacial score (nSPS) is 19.4.